The number of hydrogen-bond donors (Lipinski definition) is 3. The molecule has 2 saturated carbocycles. The Kier molecular flexibility index (Phi) is 10.3. The third-order valence-corrected chi connectivity index (χ3v) is 6.66. The Morgan fingerprint density at radius 3 is 2.42 bits per heavy atom. The molecule has 1 aromatic heterocycles. The molecule has 8 nitrogen and oxygen atoms in total. The average Bonchev–Trinajstić information content (AvgIpc) is 3.87. The van der Waals surface area contributed by atoms with Crippen LogP contribution in [0.5, 0.6) is 0 Å². The maximum absolute atomic E-state index is 14.6. The molecule has 0 aliphatic heterocycles. The summed E-state index contributed by atoms with van der Waals surface area (Å²) < 4.78 is 20.1. The third kappa shape index (κ3) is 8.08. The summed E-state index contributed by atoms with van der Waals surface area (Å²) in [5.41, 5.74) is 9.42. The van der Waals surface area contributed by atoms with E-state index in [9.17, 15) is 9.18 Å². The first-order valence-electron chi connectivity index (χ1n) is 12.7. The van der Waals surface area contributed by atoms with Gasteiger partial charge in [0.05, 0.1) is 17.0 Å². The third-order valence-electron chi connectivity index (χ3n) is 6.66. The smallest absolute Gasteiger partial charge is 0.204 e. The molecule has 38 heavy (non-hydrogen) atoms. The SMILES string of the molecule is CNc1cc(-c2cccc(-c3cc(NCCC4(OC)CC4)c(F)cc3C)c2)ncn1.NC=O.O=CC1CC1. The van der Waals surface area contributed by atoms with Crippen LogP contribution in [0.4, 0.5) is 15.9 Å². The van der Waals surface area contributed by atoms with Crippen LogP contribution >= 0.6 is 0 Å². The minimum atomic E-state index is -0.232. The number of carbonyl (C=O) groups excluding carboxylic acids is 2. The number of aromatic nitrogens is 2. The first-order chi connectivity index (χ1) is 18.4. The van der Waals surface area contributed by atoms with E-state index in [2.05, 4.69) is 32.4 Å². The lowest BCUT2D eigenvalue weighted by molar-refractivity contribution is -0.109. The number of aryl methyl sites for hydroxylation is 1. The van der Waals surface area contributed by atoms with Crippen LogP contribution in [0.25, 0.3) is 22.4 Å². The Morgan fingerprint density at radius 2 is 1.84 bits per heavy atom. The monoisotopic (exact) mass is 521 g/mol. The number of methoxy groups -OCH3 is 1. The van der Waals surface area contributed by atoms with Gasteiger partial charge in [-0.05, 0) is 73.9 Å². The van der Waals surface area contributed by atoms with Crippen LogP contribution in [-0.4, -0.2) is 49.0 Å². The van der Waals surface area contributed by atoms with Gasteiger partial charge >= 0.3 is 0 Å². The van der Waals surface area contributed by atoms with Gasteiger partial charge in [-0.15, -0.1) is 0 Å². The molecule has 5 rings (SSSR count). The molecule has 2 aliphatic rings. The number of anilines is 2. The molecular weight excluding hydrogens is 485 g/mol. The van der Waals surface area contributed by atoms with Crippen LogP contribution in [0.15, 0.2) is 48.8 Å². The molecule has 1 heterocycles. The van der Waals surface area contributed by atoms with E-state index in [1.54, 1.807) is 19.5 Å². The van der Waals surface area contributed by atoms with Gasteiger partial charge in [0.25, 0.3) is 0 Å². The van der Waals surface area contributed by atoms with Crippen LogP contribution in [0, 0.1) is 18.7 Å². The number of benzene rings is 2. The van der Waals surface area contributed by atoms with Gasteiger partial charge in [0.1, 0.15) is 24.2 Å². The number of ether oxygens (including phenoxy) is 1. The molecule has 0 atom stereocenters. The van der Waals surface area contributed by atoms with Crippen LogP contribution in [-0.2, 0) is 14.3 Å². The van der Waals surface area contributed by atoms with Crippen molar-refractivity contribution in [1.82, 2.24) is 9.97 Å². The first kappa shape index (κ1) is 28.7. The molecule has 9 heteroatoms. The van der Waals surface area contributed by atoms with Crippen molar-refractivity contribution < 1.29 is 18.7 Å². The Labute approximate surface area is 223 Å². The summed E-state index contributed by atoms with van der Waals surface area (Å²) in [4.78, 5) is 26.7. The number of nitrogens with two attached hydrogens (primary N) is 1. The van der Waals surface area contributed by atoms with Crippen molar-refractivity contribution >= 4 is 24.2 Å². The van der Waals surface area contributed by atoms with Crippen LogP contribution < -0.4 is 16.4 Å². The van der Waals surface area contributed by atoms with E-state index >= 15 is 0 Å². The van der Waals surface area contributed by atoms with E-state index < -0.39 is 0 Å². The summed E-state index contributed by atoms with van der Waals surface area (Å²) in [6, 6.07) is 13.5. The van der Waals surface area contributed by atoms with Crippen molar-refractivity contribution in [2.24, 2.45) is 11.7 Å². The molecule has 0 unspecified atom stereocenters. The molecule has 0 saturated heterocycles. The Hall–Kier alpha value is -3.85. The van der Waals surface area contributed by atoms with Gasteiger partial charge in [-0.1, -0.05) is 18.2 Å². The summed E-state index contributed by atoms with van der Waals surface area (Å²) in [7, 11) is 3.58. The second-order valence-corrected chi connectivity index (χ2v) is 9.44. The molecule has 0 bridgehead atoms. The Balaban J connectivity index is 0.000000433. The fraction of sp³-hybridized carbons (Fsp3) is 0.379. The van der Waals surface area contributed by atoms with E-state index in [0.29, 0.717) is 18.2 Å². The van der Waals surface area contributed by atoms with Gasteiger partial charge in [-0.3, -0.25) is 4.79 Å². The number of halogens is 1. The van der Waals surface area contributed by atoms with Gasteiger partial charge in [0, 0.05) is 38.2 Å². The van der Waals surface area contributed by atoms with Crippen LogP contribution in [0.2, 0.25) is 0 Å². The number of rotatable bonds is 9. The minimum Gasteiger partial charge on any atom is -0.383 e. The quantitative estimate of drug-likeness (QED) is 0.340. The number of amides is 1. The van der Waals surface area contributed by atoms with Crippen molar-refractivity contribution in [2.45, 2.75) is 44.6 Å². The zero-order valence-electron chi connectivity index (χ0n) is 22.2. The van der Waals surface area contributed by atoms with Crippen molar-refractivity contribution in [3.8, 4) is 22.4 Å². The maximum atomic E-state index is 14.6. The summed E-state index contributed by atoms with van der Waals surface area (Å²) >= 11 is 0. The molecular formula is C29H36FN5O3. The van der Waals surface area contributed by atoms with Crippen molar-refractivity contribution in [3.63, 3.8) is 0 Å². The largest absolute Gasteiger partial charge is 0.383 e. The zero-order valence-corrected chi connectivity index (χ0v) is 22.2. The second kappa shape index (κ2) is 13.6. The molecule has 202 valence electrons. The maximum Gasteiger partial charge on any atom is 0.204 e. The standard InChI is InChI=1S/C24H27FN4O.C4H6O.CH3NO/c1-16-11-20(25)22(27-10-9-24(30-3)7-8-24)13-19(16)17-5-4-6-18(12-17)21-14-23(26-2)29-15-28-21;5-3-4-1-2-4;2-1-3/h4-6,11-15,27H,7-10H2,1-3H3,(H,26,28,29);3-4H,1-2H2;1H,(H2,2,3). The molecule has 4 N–H and O–H groups in total. The summed E-state index contributed by atoms with van der Waals surface area (Å²) in [5, 5.41) is 6.29. The molecule has 2 fully saturated rings. The van der Waals surface area contributed by atoms with Gasteiger partial charge in [0.15, 0.2) is 0 Å². The average molecular weight is 522 g/mol. The van der Waals surface area contributed by atoms with Crippen molar-refractivity contribution in [2.75, 3.05) is 31.3 Å². The highest BCUT2D eigenvalue weighted by Crippen LogP contribution is 2.42. The highest BCUT2D eigenvalue weighted by Gasteiger charge is 2.42. The Morgan fingerprint density at radius 1 is 1.13 bits per heavy atom. The van der Waals surface area contributed by atoms with E-state index in [1.807, 2.05) is 44.3 Å². The number of nitrogens with zero attached hydrogens (tertiary/aromatic N) is 2. The number of aldehydes is 1. The van der Waals surface area contributed by atoms with Crippen LogP contribution in [0.3, 0.4) is 0 Å². The second-order valence-electron chi connectivity index (χ2n) is 9.44. The zero-order chi connectivity index (χ0) is 27.5. The van der Waals surface area contributed by atoms with Crippen LogP contribution in [0.1, 0.15) is 37.7 Å². The molecule has 3 aromatic rings. The van der Waals surface area contributed by atoms with Gasteiger partial charge < -0.3 is 25.9 Å². The normalized spacial score (nSPS) is 14.6. The number of hydrogen-bond acceptors (Lipinski definition) is 7. The van der Waals surface area contributed by atoms with E-state index in [1.165, 1.54) is 0 Å². The predicted molar refractivity (Wildman–Crippen MR) is 148 cm³/mol. The molecule has 1 amide bonds. The number of nitrogens with one attached hydrogen (secondary N) is 2. The number of carbonyl (C=O) groups is 2. The highest BCUT2D eigenvalue weighted by atomic mass is 19.1. The lowest BCUT2D eigenvalue weighted by Crippen LogP contribution is -2.17. The highest BCUT2D eigenvalue weighted by molar-refractivity contribution is 5.76. The lowest BCUT2D eigenvalue weighted by Gasteiger charge is -2.16. The molecule has 2 aromatic carbocycles. The number of primary amides is 1. The van der Waals surface area contributed by atoms with Gasteiger partial charge in [0.2, 0.25) is 6.41 Å². The summed E-state index contributed by atoms with van der Waals surface area (Å²) in [6.07, 6.45) is 8.15. The molecule has 2 aliphatic carbocycles. The van der Waals surface area contributed by atoms with E-state index in [-0.39, 0.29) is 17.8 Å². The van der Waals surface area contributed by atoms with Crippen molar-refractivity contribution in [3.05, 3.63) is 60.2 Å². The van der Waals surface area contributed by atoms with Gasteiger partial charge in [-0.2, -0.15) is 0 Å². The predicted octanol–water partition coefficient (Wildman–Crippen LogP) is 4.98. The molecule has 0 radical (unpaired) electrons. The summed E-state index contributed by atoms with van der Waals surface area (Å²) in [6.45, 7) is 2.61. The summed E-state index contributed by atoms with van der Waals surface area (Å²) in [5.74, 6) is 0.985. The topological polar surface area (TPSA) is 119 Å². The van der Waals surface area contributed by atoms with Crippen molar-refractivity contribution in [1.29, 1.82) is 0 Å². The van der Waals surface area contributed by atoms with E-state index in [0.717, 1.165) is 72.2 Å². The first-order valence-corrected chi connectivity index (χ1v) is 12.7. The Bertz CT molecular complexity index is 1230. The lowest BCUT2D eigenvalue weighted by atomic mass is 9.97. The minimum absolute atomic E-state index is 0.00489. The molecule has 0 spiro atoms. The van der Waals surface area contributed by atoms with Gasteiger partial charge in [-0.25, -0.2) is 14.4 Å². The fourth-order valence-electron chi connectivity index (χ4n) is 3.97. The fourth-order valence-corrected chi connectivity index (χ4v) is 3.97. The van der Waals surface area contributed by atoms with E-state index in [4.69, 9.17) is 9.53 Å².